The number of carbonyl (C=O) groups is 1. The van der Waals surface area contributed by atoms with Crippen molar-refractivity contribution in [1.29, 1.82) is 0 Å². The molecule has 0 fully saturated rings. The van der Waals surface area contributed by atoms with E-state index in [2.05, 4.69) is 20.9 Å². The minimum absolute atomic E-state index is 0.123. The molecule has 0 unspecified atom stereocenters. The monoisotopic (exact) mass is 416 g/mol. The van der Waals surface area contributed by atoms with Crippen LogP contribution >= 0.6 is 15.9 Å². The summed E-state index contributed by atoms with van der Waals surface area (Å²) in [6.45, 7) is 2.02. The van der Waals surface area contributed by atoms with E-state index in [1.165, 1.54) is 0 Å². The van der Waals surface area contributed by atoms with E-state index in [-0.39, 0.29) is 5.91 Å². The Balaban J connectivity index is 1.82. The van der Waals surface area contributed by atoms with Gasteiger partial charge in [-0.3, -0.25) is 9.69 Å². The predicted molar refractivity (Wildman–Crippen MR) is 114 cm³/mol. The number of carbonyl (C=O) groups excluding carboxylic acids is 1. The Morgan fingerprint density at radius 2 is 1.67 bits per heavy atom. The Hall–Kier alpha value is -2.98. The van der Waals surface area contributed by atoms with Gasteiger partial charge in [0.2, 0.25) is 0 Å². The van der Waals surface area contributed by atoms with Gasteiger partial charge in [0.15, 0.2) is 0 Å². The molecule has 3 aromatic carbocycles. The molecule has 27 heavy (non-hydrogen) atoms. The van der Waals surface area contributed by atoms with Crippen molar-refractivity contribution in [2.75, 3.05) is 4.90 Å². The Kier molecular flexibility index (Phi) is 4.73. The van der Waals surface area contributed by atoms with E-state index in [1.54, 1.807) is 4.90 Å². The van der Waals surface area contributed by atoms with Gasteiger partial charge in [-0.1, -0.05) is 70.5 Å². The highest BCUT2D eigenvalue weighted by molar-refractivity contribution is 9.10. The minimum Gasteiger partial charge on any atom is -0.266 e. The molecular formula is C23H17BrN2O. The Morgan fingerprint density at radius 3 is 2.37 bits per heavy atom. The maximum atomic E-state index is 13.2. The summed E-state index contributed by atoms with van der Waals surface area (Å²) in [5, 5.41) is 0. The van der Waals surface area contributed by atoms with Crippen molar-refractivity contribution in [3.8, 4) is 0 Å². The van der Waals surface area contributed by atoms with Crippen molar-refractivity contribution >= 4 is 39.4 Å². The van der Waals surface area contributed by atoms with Gasteiger partial charge in [-0.2, -0.15) is 0 Å². The lowest BCUT2D eigenvalue weighted by Crippen LogP contribution is -2.32. The van der Waals surface area contributed by atoms with Gasteiger partial charge in [0, 0.05) is 10.0 Å². The topological polar surface area (TPSA) is 32.7 Å². The summed E-state index contributed by atoms with van der Waals surface area (Å²) >= 11 is 3.43. The van der Waals surface area contributed by atoms with Gasteiger partial charge in [0.25, 0.3) is 5.91 Å². The molecule has 0 atom stereocenters. The van der Waals surface area contributed by atoms with Gasteiger partial charge in [-0.05, 0) is 48.4 Å². The summed E-state index contributed by atoms with van der Waals surface area (Å²) < 4.78 is 0.997. The van der Waals surface area contributed by atoms with Crippen LogP contribution in [0.15, 0.2) is 94.0 Å². The van der Waals surface area contributed by atoms with E-state index >= 15 is 0 Å². The third-order valence-electron chi connectivity index (χ3n) is 4.33. The van der Waals surface area contributed by atoms with Gasteiger partial charge in [0.1, 0.15) is 11.5 Å². The van der Waals surface area contributed by atoms with Crippen LogP contribution < -0.4 is 4.90 Å². The zero-order chi connectivity index (χ0) is 18.8. The molecule has 4 heteroatoms. The maximum Gasteiger partial charge on any atom is 0.282 e. The van der Waals surface area contributed by atoms with Gasteiger partial charge in [-0.15, -0.1) is 0 Å². The average molecular weight is 417 g/mol. The van der Waals surface area contributed by atoms with E-state index in [0.29, 0.717) is 11.5 Å². The average Bonchev–Trinajstić information content (AvgIpc) is 3.01. The largest absolute Gasteiger partial charge is 0.282 e. The second-order valence-corrected chi connectivity index (χ2v) is 7.28. The molecule has 0 N–H and O–H groups in total. The van der Waals surface area contributed by atoms with Gasteiger partial charge in [-0.25, -0.2) is 4.99 Å². The van der Waals surface area contributed by atoms with Crippen molar-refractivity contribution in [3.05, 3.63) is 106 Å². The molecule has 1 aliphatic heterocycles. The van der Waals surface area contributed by atoms with Crippen LogP contribution in [0, 0.1) is 6.92 Å². The summed E-state index contributed by atoms with van der Waals surface area (Å²) in [7, 11) is 0. The van der Waals surface area contributed by atoms with Crippen molar-refractivity contribution in [3.63, 3.8) is 0 Å². The van der Waals surface area contributed by atoms with Crippen LogP contribution in [0.3, 0.4) is 0 Å². The number of amides is 1. The highest BCUT2D eigenvalue weighted by Crippen LogP contribution is 2.28. The van der Waals surface area contributed by atoms with Gasteiger partial charge < -0.3 is 0 Å². The molecule has 3 aromatic rings. The van der Waals surface area contributed by atoms with Gasteiger partial charge >= 0.3 is 0 Å². The standard InChI is InChI=1S/C23H17BrN2O/c1-16-6-5-9-20(14-16)26-22(18-7-3-2-4-8-18)25-21(23(26)27)15-17-10-12-19(24)13-11-17/h2-15H,1H3/b21-15+. The van der Waals surface area contributed by atoms with Crippen molar-refractivity contribution < 1.29 is 4.79 Å². The third-order valence-corrected chi connectivity index (χ3v) is 4.85. The second kappa shape index (κ2) is 7.33. The Bertz CT molecular complexity index is 1050. The molecular weight excluding hydrogens is 400 g/mol. The number of anilines is 1. The number of halogens is 1. The van der Waals surface area contributed by atoms with Crippen LogP contribution in [-0.2, 0) is 4.79 Å². The van der Waals surface area contributed by atoms with Crippen LogP contribution in [-0.4, -0.2) is 11.7 Å². The number of aliphatic imine (C=N–C) groups is 1. The first-order valence-corrected chi connectivity index (χ1v) is 9.43. The fraction of sp³-hybridized carbons (Fsp3) is 0.0435. The van der Waals surface area contributed by atoms with Crippen LogP contribution in [0.1, 0.15) is 16.7 Å². The third kappa shape index (κ3) is 3.62. The highest BCUT2D eigenvalue weighted by atomic mass is 79.9. The molecule has 0 radical (unpaired) electrons. The van der Waals surface area contributed by atoms with E-state index in [4.69, 9.17) is 0 Å². The lowest BCUT2D eigenvalue weighted by molar-refractivity contribution is -0.113. The molecule has 1 heterocycles. The summed E-state index contributed by atoms with van der Waals surface area (Å²) in [4.78, 5) is 19.6. The quantitative estimate of drug-likeness (QED) is 0.512. The van der Waals surface area contributed by atoms with Crippen LogP contribution in [0.2, 0.25) is 0 Å². The van der Waals surface area contributed by atoms with E-state index < -0.39 is 0 Å². The fourth-order valence-electron chi connectivity index (χ4n) is 3.02. The minimum atomic E-state index is -0.123. The summed E-state index contributed by atoms with van der Waals surface area (Å²) in [5.41, 5.74) is 4.19. The smallest absolute Gasteiger partial charge is 0.266 e. The molecule has 0 aromatic heterocycles. The van der Waals surface area contributed by atoms with Crippen molar-refractivity contribution in [2.24, 2.45) is 4.99 Å². The molecule has 0 bridgehead atoms. The van der Waals surface area contributed by atoms with E-state index in [1.807, 2.05) is 91.9 Å². The lowest BCUT2D eigenvalue weighted by Gasteiger charge is -2.19. The normalized spacial score (nSPS) is 15.3. The molecule has 4 rings (SSSR count). The zero-order valence-corrected chi connectivity index (χ0v) is 16.3. The van der Waals surface area contributed by atoms with E-state index in [9.17, 15) is 4.79 Å². The number of rotatable bonds is 3. The summed E-state index contributed by atoms with van der Waals surface area (Å²) in [6, 6.07) is 25.5. The molecule has 1 aliphatic rings. The molecule has 0 saturated heterocycles. The maximum absolute atomic E-state index is 13.2. The van der Waals surface area contributed by atoms with E-state index in [0.717, 1.165) is 26.9 Å². The summed E-state index contributed by atoms with van der Waals surface area (Å²) in [6.07, 6.45) is 1.83. The molecule has 132 valence electrons. The molecule has 3 nitrogen and oxygen atoms in total. The fourth-order valence-corrected chi connectivity index (χ4v) is 3.29. The van der Waals surface area contributed by atoms with Crippen LogP contribution in [0.4, 0.5) is 5.69 Å². The number of hydrogen-bond donors (Lipinski definition) is 0. The molecule has 0 aliphatic carbocycles. The first-order chi connectivity index (χ1) is 13.1. The molecule has 0 spiro atoms. The second-order valence-electron chi connectivity index (χ2n) is 6.36. The van der Waals surface area contributed by atoms with Crippen LogP contribution in [0.25, 0.3) is 6.08 Å². The lowest BCUT2D eigenvalue weighted by atomic mass is 10.1. The predicted octanol–water partition coefficient (Wildman–Crippen LogP) is 5.59. The first-order valence-electron chi connectivity index (χ1n) is 8.64. The number of nitrogens with zero attached hydrogens (tertiary/aromatic N) is 2. The Labute approximate surface area is 166 Å². The highest BCUT2D eigenvalue weighted by Gasteiger charge is 2.32. The zero-order valence-electron chi connectivity index (χ0n) is 14.8. The van der Waals surface area contributed by atoms with Crippen molar-refractivity contribution in [2.45, 2.75) is 6.92 Å². The Morgan fingerprint density at radius 1 is 0.926 bits per heavy atom. The van der Waals surface area contributed by atoms with Crippen LogP contribution in [0.5, 0.6) is 0 Å². The van der Waals surface area contributed by atoms with Crippen molar-refractivity contribution in [1.82, 2.24) is 0 Å². The number of hydrogen-bond acceptors (Lipinski definition) is 2. The number of benzene rings is 3. The molecule has 1 amide bonds. The summed E-state index contributed by atoms with van der Waals surface area (Å²) in [5.74, 6) is 0.525. The molecule has 0 saturated carbocycles. The number of aryl methyl sites for hydroxylation is 1. The van der Waals surface area contributed by atoms with Gasteiger partial charge in [0.05, 0.1) is 5.69 Å². The number of amidine groups is 1. The first kappa shape index (κ1) is 17.4. The SMILES string of the molecule is Cc1cccc(N2C(=O)/C(=C\c3ccc(Br)cc3)N=C2c2ccccc2)c1.